The fourth-order valence-corrected chi connectivity index (χ4v) is 4.58. The molecule has 0 spiro atoms. The van der Waals surface area contributed by atoms with E-state index in [0.29, 0.717) is 24.0 Å². The van der Waals surface area contributed by atoms with E-state index in [4.69, 9.17) is 23.7 Å². The Kier molecular flexibility index (Phi) is 13.5. The fraction of sp³-hybridized carbons (Fsp3) is 0.581. The molecule has 0 radical (unpaired) electrons. The number of esters is 1. The van der Waals surface area contributed by atoms with Crippen LogP contribution in [0.15, 0.2) is 54.1 Å². The van der Waals surface area contributed by atoms with Crippen molar-refractivity contribution in [2.75, 3.05) is 13.2 Å². The summed E-state index contributed by atoms with van der Waals surface area (Å²) in [6, 6.07) is 6.10. The average Bonchev–Trinajstić information content (AvgIpc) is 2.99. The van der Waals surface area contributed by atoms with Gasteiger partial charge in [0.25, 0.3) is 0 Å². The highest BCUT2D eigenvalue weighted by Crippen LogP contribution is 2.30. The Morgan fingerprint density at radius 2 is 1.66 bits per heavy atom. The van der Waals surface area contributed by atoms with E-state index < -0.39 is 80.1 Å². The number of aromatic hydroxyl groups is 1. The van der Waals surface area contributed by atoms with Crippen LogP contribution in [0, 0.1) is 0 Å². The third-order valence-corrected chi connectivity index (χ3v) is 7.51. The fourth-order valence-electron chi connectivity index (χ4n) is 4.58. The van der Waals surface area contributed by atoms with E-state index in [1.807, 2.05) is 6.92 Å². The minimum atomic E-state index is -1.70. The van der Waals surface area contributed by atoms with Gasteiger partial charge >= 0.3 is 5.97 Å². The molecular formula is C31H44O13. The molecule has 44 heavy (non-hydrogen) atoms. The van der Waals surface area contributed by atoms with Crippen LogP contribution in [0.5, 0.6) is 5.75 Å². The second-order valence-electron chi connectivity index (χ2n) is 11.1. The van der Waals surface area contributed by atoms with E-state index in [1.165, 1.54) is 25.1 Å². The lowest BCUT2D eigenvalue weighted by Gasteiger charge is -2.45. The predicted octanol–water partition coefficient (Wildman–Crippen LogP) is 0.288. The lowest BCUT2D eigenvalue weighted by Crippen LogP contribution is -2.64. The maximum atomic E-state index is 12.4. The molecule has 11 atom stereocenters. The van der Waals surface area contributed by atoms with Gasteiger partial charge < -0.3 is 59.4 Å². The molecule has 246 valence electrons. The molecule has 13 nitrogen and oxygen atoms in total. The maximum Gasteiger partial charge on any atom is 0.330 e. The SMILES string of the molecule is C=C(C)C(O)CC/C(C)=C/CO[C@@H]1O[C@H](COC(=O)/C=C/c2ccc(O)cc2)[C@@H](O)[C@H](O[C@@H]2O[C@@H](C)[C@H](O)[C@@H](O)[C@H]2O)[C@H]1O. The Bertz CT molecular complexity index is 1140. The second-order valence-corrected chi connectivity index (χ2v) is 11.1. The van der Waals surface area contributed by atoms with Gasteiger partial charge in [0.15, 0.2) is 12.6 Å². The summed E-state index contributed by atoms with van der Waals surface area (Å²) in [6.45, 7) is 8.28. The number of hydrogen-bond donors (Lipinski definition) is 7. The van der Waals surface area contributed by atoms with Crippen LogP contribution in [0.3, 0.4) is 0 Å². The minimum absolute atomic E-state index is 0.0219. The first-order valence-electron chi connectivity index (χ1n) is 14.4. The summed E-state index contributed by atoms with van der Waals surface area (Å²) in [5, 5.41) is 72.1. The highest BCUT2D eigenvalue weighted by atomic mass is 16.7. The molecular weight excluding hydrogens is 580 g/mol. The number of phenolic OH excluding ortho intramolecular Hbond substituents is 1. The molecule has 7 N–H and O–H groups in total. The van der Waals surface area contributed by atoms with E-state index in [2.05, 4.69) is 6.58 Å². The largest absolute Gasteiger partial charge is 0.508 e. The Hall–Kier alpha value is -2.69. The van der Waals surface area contributed by atoms with Crippen molar-refractivity contribution in [2.45, 2.75) is 101 Å². The van der Waals surface area contributed by atoms with Gasteiger partial charge in [0.05, 0.1) is 18.8 Å². The van der Waals surface area contributed by atoms with Crippen LogP contribution in [0.4, 0.5) is 0 Å². The van der Waals surface area contributed by atoms with Crippen LogP contribution < -0.4 is 0 Å². The summed E-state index contributed by atoms with van der Waals surface area (Å²) in [4.78, 5) is 12.4. The standard InChI is InChI=1S/C31H44O13/c1-16(2)21(33)11-5-17(3)13-14-40-30-28(39)29(44-31-27(38)26(37)24(35)18(4)42-31)25(36)22(43-30)15-41-23(34)12-8-19-6-9-20(32)10-7-19/h6-10,12-13,18,21-22,24-33,35-39H,1,5,11,14-15H2,2-4H3/b12-8+,17-13+/t18-,21?,22+,24-,25+,26+,27+,28+,29-,30+,31-/m0/s1. The highest BCUT2D eigenvalue weighted by molar-refractivity contribution is 5.87. The number of rotatable bonds is 13. The quantitative estimate of drug-likeness (QED) is 0.0897. The topological polar surface area (TPSA) is 205 Å². The number of allylic oxidation sites excluding steroid dienone is 1. The number of benzene rings is 1. The first-order valence-corrected chi connectivity index (χ1v) is 14.4. The van der Waals surface area contributed by atoms with Crippen molar-refractivity contribution >= 4 is 12.0 Å². The molecule has 1 unspecified atom stereocenters. The molecule has 2 aliphatic rings. The lowest BCUT2D eigenvalue weighted by atomic mass is 9.97. The van der Waals surface area contributed by atoms with Crippen LogP contribution in [-0.4, -0.2) is 122 Å². The normalized spacial score (nSPS) is 33.7. The lowest BCUT2D eigenvalue weighted by molar-refractivity contribution is -0.356. The number of aliphatic hydroxyl groups is 6. The maximum absolute atomic E-state index is 12.4. The molecule has 0 bridgehead atoms. The zero-order valence-electron chi connectivity index (χ0n) is 25.0. The first-order chi connectivity index (χ1) is 20.8. The molecule has 0 saturated carbocycles. The van der Waals surface area contributed by atoms with E-state index in [-0.39, 0.29) is 12.4 Å². The summed E-state index contributed by atoms with van der Waals surface area (Å²) in [7, 11) is 0. The van der Waals surface area contributed by atoms with Crippen LogP contribution in [0.25, 0.3) is 6.08 Å². The third kappa shape index (κ3) is 9.91. The number of carbonyl (C=O) groups excluding carboxylic acids is 1. The summed E-state index contributed by atoms with van der Waals surface area (Å²) in [5.74, 6) is -0.690. The van der Waals surface area contributed by atoms with Crippen molar-refractivity contribution in [3.05, 3.63) is 59.7 Å². The summed E-state index contributed by atoms with van der Waals surface area (Å²) >= 11 is 0. The van der Waals surface area contributed by atoms with Gasteiger partial charge in [-0.25, -0.2) is 4.79 Å². The van der Waals surface area contributed by atoms with Crippen molar-refractivity contribution in [1.29, 1.82) is 0 Å². The van der Waals surface area contributed by atoms with Crippen LogP contribution in [0.2, 0.25) is 0 Å². The van der Waals surface area contributed by atoms with Crippen molar-refractivity contribution in [3.63, 3.8) is 0 Å². The zero-order valence-corrected chi connectivity index (χ0v) is 25.0. The molecule has 2 aliphatic heterocycles. The third-order valence-electron chi connectivity index (χ3n) is 7.51. The van der Waals surface area contributed by atoms with Crippen molar-refractivity contribution in [3.8, 4) is 5.75 Å². The van der Waals surface area contributed by atoms with Gasteiger partial charge in [0.1, 0.15) is 55.1 Å². The Morgan fingerprint density at radius 1 is 0.977 bits per heavy atom. The Labute approximate surface area is 256 Å². The van der Waals surface area contributed by atoms with Gasteiger partial charge in [-0.3, -0.25) is 0 Å². The highest BCUT2D eigenvalue weighted by Gasteiger charge is 2.50. The molecule has 0 aromatic heterocycles. The van der Waals surface area contributed by atoms with Gasteiger partial charge in [-0.05, 0) is 57.4 Å². The van der Waals surface area contributed by atoms with Crippen LogP contribution in [0.1, 0.15) is 39.2 Å². The van der Waals surface area contributed by atoms with Crippen molar-refractivity contribution < 1.29 is 64.2 Å². The number of aliphatic hydroxyl groups excluding tert-OH is 6. The Morgan fingerprint density at radius 3 is 2.32 bits per heavy atom. The molecule has 2 heterocycles. The monoisotopic (exact) mass is 624 g/mol. The smallest absolute Gasteiger partial charge is 0.330 e. The average molecular weight is 625 g/mol. The van der Waals surface area contributed by atoms with Crippen molar-refractivity contribution in [1.82, 2.24) is 0 Å². The molecule has 0 amide bonds. The number of ether oxygens (including phenoxy) is 5. The van der Waals surface area contributed by atoms with Gasteiger partial charge in [-0.15, -0.1) is 0 Å². The number of carbonyl (C=O) groups is 1. The minimum Gasteiger partial charge on any atom is -0.508 e. The van der Waals surface area contributed by atoms with E-state index in [9.17, 15) is 40.5 Å². The molecule has 0 aliphatic carbocycles. The van der Waals surface area contributed by atoms with Crippen molar-refractivity contribution in [2.24, 2.45) is 0 Å². The van der Waals surface area contributed by atoms with E-state index >= 15 is 0 Å². The van der Waals surface area contributed by atoms with E-state index in [0.717, 1.165) is 11.6 Å². The molecule has 3 rings (SSSR count). The predicted molar refractivity (Wildman–Crippen MR) is 156 cm³/mol. The first kappa shape index (κ1) is 35.8. The molecule has 2 saturated heterocycles. The van der Waals surface area contributed by atoms with Crippen LogP contribution in [-0.2, 0) is 28.5 Å². The zero-order chi connectivity index (χ0) is 32.6. The Balaban J connectivity index is 1.69. The molecule has 1 aromatic carbocycles. The van der Waals surface area contributed by atoms with Gasteiger partial charge in [-0.1, -0.05) is 35.9 Å². The second kappa shape index (κ2) is 16.6. The number of phenols is 1. The molecule has 13 heteroatoms. The van der Waals surface area contributed by atoms with Gasteiger partial charge in [0.2, 0.25) is 0 Å². The summed E-state index contributed by atoms with van der Waals surface area (Å²) in [6.07, 6.45) is -9.75. The van der Waals surface area contributed by atoms with Gasteiger partial charge in [0, 0.05) is 6.08 Å². The van der Waals surface area contributed by atoms with E-state index in [1.54, 1.807) is 25.1 Å². The van der Waals surface area contributed by atoms with Crippen LogP contribution >= 0.6 is 0 Å². The van der Waals surface area contributed by atoms with Gasteiger partial charge in [-0.2, -0.15) is 0 Å². The summed E-state index contributed by atoms with van der Waals surface area (Å²) in [5.41, 5.74) is 2.18. The number of hydrogen-bond acceptors (Lipinski definition) is 13. The molecule has 1 aromatic rings. The summed E-state index contributed by atoms with van der Waals surface area (Å²) < 4.78 is 27.9. The molecule has 2 fully saturated rings.